The van der Waals surface area contributed by atoms with E-state index in [1.165, 1.54) is 0 Å². The van der Waals surface area contributed by atoms with Gasteiger partial charge in [-0.1, -0.05) is 25.1 Å². The van der Waals surface area contributed by atoms with Crippen LogP contribution in [0.1, 0.15) is 30.1 Å². The number of nitrogens with one attached hydrogen (secondary N) is 1. The van der Waals surface area contributed by atoms with Gasteiger partial charge in [0.2, 0.25) is 5.91 Å². The van der Waals surface area contributed by atoms with Crippen molar-refractivity contribution in [1.82, 2.24) is 5.32 Å². The van der Waals surface area contributed by atoms with E-state index < -0.39 is 11.8 Å². The molecule has 1 rings (SSSR count). The summed E-state index contributed by atoms with van der Waals surface area (Å²) in [5, 5.41) is 11.0. The fourth-order valence-corrected chi connectivity index (χ4v) is 1.34. The van der Waals surface area contributed by atoms with E-state index in [1.807, 2.05) is 13.0 Å². The molecule has 0 aliphatic rings. The van der Waals surface area contributed by atoms with Crippen LogP contribution in [0.15, 0.2) is 30.3 Å². The van der Waals surface area contributed by atoms with Gasteiger partial charge in [-0.3, -0.25) is 14.9 Å². The van der Waals surface area contributed by atoms with E-state index in [0.29, 0.717) is 12.0 Å². The lowest BCUT2D eigenvalue weighted by Crippen LogP contribution is -2.31. The van der Waals surface area contributed by atoms with Crippen LogP contribution < -0.4 is 5.32 Å². The number of hydrogen-bond donors (Lipinski definition) is 1. The largest absolute Gasteiger partial charge is 0.292 e. The quantitative estimate of drug-likeness (QED) is 0.858. The first-order valence-electron chi connectivity index (χ1n) is 5.46. The topological polar surface area (TPSA) is 70.0 Å². The molecule has 1 atom stereocenters. The van der Waals surface area contributed by atoms with Crippen LogP contribution in [0, 0.1) is 17.2 Å². The molecule has 0 saturated heterocycles. The highest BCUT2D eigenvalue weighted by Crippen LogP contribution is 2.06. The summed E-state index contributed by atoms with van der Waals surface area (Å²) in [4.78, 5) is 23.1. The fourth-order valence-electron chi connectivity index (χ4n) is 1.34. The normalized spacial score (nSPS) is 11.3. The molecular formula is C13H14N2O2. The maximum absolute atomic E-state index is 11.6. The molecule has 0 radical (unpaired) electrons. The van der Waals surface area contributed by atoms with Crippen molar-refractivity contribution in [2.45, 2.75) is 19.8 Å². The van der Waals surface area contributed by atoms with E-state index in [1.54, 1.807) is 30.3 Å². The minimum absolute atomic E-state index is 0.0611. The Hall–Kier alpha value is -2.15. The zero-order valence-electron chi connectivity index (χ0n) is 9.64. The van der Waals surface area contributed by atoms with Crippen LogP contribution in [0.2, 0.25) is 0 Å². The molecule has 1 aromatic rings. The van der Waals surface area contributed by atoms with Crippen LogP contribution in [0.4, 0.5) is 0 Å². The smallest absolute Gasteiger partial charge is 0.257 e. The SMILES string of the molecule is CCC(C#N)CC(=O)NC(=O)c1ccccc1. The predicted molar refractivity (Wildman–Crippen MR) is 62.9 cm³/mol. The Morgan fingerprint density at radius 3 is 2.53 bits per heavy atom. The monoisotopic (exact) mass is 230 g/mol. The number of amides is 2. The summed E-state index contributed by atoms with van der Waals surface area (Å²) in [7, 11) is 0. The molecule has 0 spiro atoms. The van der Waals surface area contributed by atoms with Crippen LogP contribution in [0.25, 0.3) is 0 Å². The lowest BCUT2D eigenvalue weighted by molar-refractivity contribution is -0.120. The highest BCUT2D eigenvalue weighted by molar-refractivity contribution is 6.04. The lowest BCUT2D eigenvalue weighted by Gasteiger charge is -2.06. The molecular weight excluding hydrogens is 216 g/mol. The number of carbonyl (C=O) groups excluding carboxylic acids is 2. The first kappa shape index (κ1) is 12.9. The van der Waals surface area contributed by atoms with Crippen molar-refractivity contribution in [3.63, 3.8) is 0 Å². The van der Waals surface area contributed by atoms with Gasteiger partial charge in [0.15, 0.2) is 0 Å². The van der Waals surface area contributed by atoms with Crippen LogP contribution >= 0.6 is 0 Å². The molecule has 1 aromatic carbocycles. The van der Waals surface area contributed by atoms with E-state index in [9.17, 15) is 9.59 Å². The number of hydrogen-bond acceptors (Lipinski definition) is 3. The van der Waals surface area contributed by atoms with Crippen LogP contribution in [0.5, 0.6) is 0 Å². The molecule has 4 nitrogen and oxygen atoms in total. The predicted octanol–water partition coefficient (Wildman–Crippen LogP) is 1.88. The molecule has 0 fully saturated rings. The molecule has 0 bridgehead atoms. The molecule has 1 N–H and O–H groups in total. The molecule has 17 heavy (non-hydrogen) atoms. The zero-order chi connectivity index (χ0) is 12.7. The summed E-state index contributed by atoms with van der Waals surface area (Å²) in [5.74, 6) is -1.17. The maximum atomic E-state index is 11.6. The molecule has 1 unspecified atom stereocenters. The number of carbonyl (C=O) groups is 2. The second kappa shape index (κ2) is 6.44. The van der Waals surface area contributed by atoms with Gasteiger partial charge in [0.1, 0.15) is 0 Å². The van der Waals surface area contributed by atoms with Crippen molar-refractivity contribution in [3.8, 4) is 6.07 Å². The van der Waals surface area contributed by atoms with Crippen molar-refractivity contribution in [3.05, 3.63) is 35.9 Å². The van der Waals surface area contributed by atoms with Gasteiger partial charge in [-0.2, -0.15) is 5.26 Å². The lowest BCUT2D eigenvalue weighted by atomic mass is 10.0. The Morgan fingerprint density at radius 2 is 2.00 bits per heavy atom. The summed E-state index contributed by atoms with van der Waals surface area (Å²) < 4.78 is 0. The Labute approximate surface area is 100 Å². The van der Waals surface area contributed by atoms with Crippen molar-refractivity contribution < 1.29 is 9.59 Å². The third-order valence-electron chi connectivity index (χ3n) is 2.40. The molecule has 2 amide bonds. The second-order valence-corrected chi connectivity index (χ2v) is 3.68. The summed E-state index contributed by atoms with van der Waals surface area (Å²) in [6.07, 6.45) is 0.662. The maximum Gasteiger partial charge on any atom is 0.257 e. The van der Waals surface area contributed by atoms with Crippen molar-refractivity contribution in [2.24, 2.45) is 5.92 Å². The third kappa shape index (κ3) is 4.07. The fraction of sp³-hybridized carbons (Fsp3) is 0.308. The third-order valence-corrected chi connectivity index (χ3v) is 2.40. The van der Waals surface area contributed by atoms with Gasteiger partial charge in [-0.25, -0.2) is 0 Å². The van der Waals surface area contributed by atoms with Crippen molar-refractivity contribution in [1.29, 1.82) is 5.26 Å². The van der Waals surface area contributed by atoms with E-state index in [-0.39, 0.29) is 12.3 Å². The molecule has 0 aliphatic carbocycles. The number of nitriles is 1. The molecule has 0 heterocycles. The zero-order valence-corrected chi connectivity index (χ0v) is 9.64. The number of rotatable bonds is 4. The molecule has 0 aromatic heterocycles. The van der Waals surface area contributed by atoms with Crippen molar-refractivity contribution in [2.75, 3.05) is 0 Å². The number of nitrogens with zero attached hydrogens (tertiary/aromatic N) is 1. The molecule has 4 heteroatoms. The summed E-state index contributed by atoms with van der Waals surface area (Å²) >= 11 is 0. The Kier molecular flexibility index (Phi) is 4.89. The average molecular weight is 230 g/mol. The number of benzene rings is 1. The van der Waals surface area contributed by atoms with Crippen LogP contribution in [0.3, 0.4) is 0 Å². The Balaban J connectivity index is 2.53. The van der Waals surface area contributed by atoms with E-state index in [4.69, 9.17) is 5.26 Å². The minimum Gasteiger partial charge on any atom is -0.292 e. The van der Waals surface area contributed by atoms with Crippen LogP contribution in [-0.4, -0.2) is 11.8 Å². The van der Waals surface area contributed by atoms with Gasteiger partial charge < -0.3 is 0 Å². The molecule has 0 saturated carbocycles. The highest BCUT2D eigenvalue weighted by Gasteiger charge is 2.14. The highest BCUT2D eigenvalue weighted by atomic mass is 16.2. The summed E-state index contributed by atoms with van der Waals surface area (Å²) in [5.41, 5.74) is 0.436. The Bertz CT molecular complexity index is 434. The minimum atomic E-state index is -0.427. The molecule has 0 aliphatic heterocycles. The average Bonchev–Trinajstić information content (AvgIpc) is 2.37. The van der Waals surface area contributed by atoms with Gasteiger partial charge in [0.05, 0.1) is 12.0 Å². The van der Waals surface area contributed by atoms with Crippen LogP contribution in [-0.2, 0) is 4.79 Å². The Morgan fingerprint density at radius 1 is 1.35 bits per heavy atom. The van der Waals surface area contributed by atoms with E-state index in [0.717, 1.165) is 0 Å². The molecule has 88 valence electrons. The van der Waals surface area contributed by atoms with Gasteiger partial charge in [-0.15, -0.1) is 0 Å². The van der Waals surface area contributed by atoms with Crippen molar-refractivity contribution >= 4 is 11.8 Å². The van der Waals surface area contributed by atoms with Gasteiger partial charge >= 0.3 is 0 Å². The van der Waals surface area contributed by atoms with E-state index >= 15 is 0 Å². The van der Waals surface area contributed by atoms with E-state index in [2.05, 4.69) is 5.32 Å². The number of imide groups is 1. The second-order valence-electron chi connectivity index (χ2n) is 3.68. The van der Waals surface area contributed by atoms with Gasteiger partial charge in [-0.05, 0) is 18.6 Å². The van der Waals surface area contributed by atoms with Gasteiger partial charge in [0.25, 0.3) is 5.91 Å². The standard InChI is InChI=1S/C13H14N2O2/c1-2-10(9-14)8-12(16)15-13(17)11-6-4-3-5-7-11/h3-7,10H,2,8H2,1H3,(H,15,16,17). The first-order chi connectivity index (χ1) is 8.17. The summed E-state index contributed by atoms with van der Waals surface area (Å²) in [6.45, 7) is 1.83. The van der Waals surface area contributed by atoms with Gasteiger partial charge in [0, 0.05) is 12.0 Å². The first-order valence-corrected chi connectivity index (χ1v) is 5.46. The summed E-state index contributed by atoms with van der Waals surface area (Å²) in [6, 6.07) is 10.5.